The molecule has 4 heteroatoms. The summed E-state index contributed by atoms with van der Waals surface area (Å²) in [4.78, 5) is 13.2. The molecule has 0 fully saturated rings. The normalized spacial score (nSPS) is 12.4. The predicted molar refractivity (Wildman–Crippen MR) is 70.1 cm³/mol. The highest BCUT2D eigenvalue weighted by molar-refractivity contribution is 5.71. The van der Waals surface area contributed by atoms with E-state index in [-0.39, 0.29) is 12.5 Å². The van der Waals surface area contributed by atoms with Gasteiger partial charge in [-0.05, 0) is 18.5 Å². The van der Waals surface area contributed by atoms with E-state index in [4.69, 9.17) is 0 Å². The van der Waals surface area contributed by atoms with Gasteiger partial charge in [0.25, 0.3) is 0 Å². The van der Waals surface area contributed by atoms with Crippen LogP contribution in [0.3, 0.4) is 0 Å². The lowest BCUT2D eigenvalue weighted by Gasteiger charge is -2.23. The summed E-state index contributed by atoms with van der Waals surface area (Å²) in [5.74, 6) is -0.274. The molecule has 0 saturated heterocycles. The minimum atomic E-state index is -0.581. The molecule has 0 saturated carbocycles. The highest BCUT2D eigenvalue weighted by Crippen LogP contribution is 2.13. The van der Waals surface area contributed by atoms with Gasteiger partial charge in [-0.1, -0.05) is 37.3 Å². The second kappa shape index (κ2) is 7.84. The lowest BCUT2D eigenvalue weighted by Crippen LogP contribution is -2.34. The van der Waals surface area contributed by atoms with Crippen LogP contribution in [0.25, 0.3) is 0 Å². The van der Waals surface area contributed by atoms with Crippen LogP contribution in [0.4, 0.5) is 0 Å². The number of hydrogen-bond acceptors (Lipinski definition) is 4. The first-order chi connectivity index (χ1) is 8.67. The van der Waals surface area contributed by atoms with Gasteiger partial charge < -0.3 is 9.84 Å². The smallest absolute Gasteiger partial charge is 0.319 e. The van der Waals surface area contributed by atoms with Crippen molar-refractivity contribution in [3.63, 3.8) is 0 Å². The van der Waals surface area contributed by atoms with Gasteiger partial charge in [-0.2, -0.15) is 0 Å². The SMILES string of the molecule is CCCN(CC(=O)OC)CC(O)c1ccccc1. The minimum Gasteiger partial charge on any atom is -0.468 e. The van der Waals surface area contributed by atoms with E-state index in [1.165, 1.54) is 7.11 Å². The monoisotopic (exact) mass is 251 g/mol. The minimum absolute atomic E-state index is 0.217. The summed E-state index contributed by atoms with van der Waals surface area (Å²) in [5, 5.41) is 10.1. The number of rotatable bonds is 7. The Hall–Kier alpha value is -1.39. The van der Waals surface area contributed by atoms with Crippen molar-refractivity contribution >= 4 is 5.97 Å². The van der Waals surface area contributed by atoms with E-state index in [1.807, 2.05) is 42.2 Å². The van der Waals surface area contributed by atoms with Crippen molar-refractivity contribution < 1.29 is 14.6 Å². The molecule has 1 atom stereocenters. The van der Waals surface area contributed by atoms with Crippen molar-refractivity contribution in [3.05, 3.63) is 35.9 Å². The standard InChI is InChI=1S/C14H21NO3/c1-3-9-15(11-14(17)18-2)10-13(16)12-7-5-4-6-8-12/h4-8,13,16H,3,9-11H2,1-2H3. The number of carbonyl (C=O) groups is 1. The average molecular weight is 251 g/mol. The average Bonchev–Trinajstić information content (AvgIpc) is 2.39. The first-order valence-electron chi connectivity index (χ1n) is 6.19. The molecule has 1 rings (SSSR count). The number of methoxy groups -OCH3 is 1. The van der Waals surface area contributed by atoms with Gasteiger partial charge in [0.2, 0.25) is 0 Å². The van der Waals surface area contributed by atoms with E-state index in [0.717, 1.165) is 18.5 Å². The zero-order valence-corrected chi connectivity index (χ0v) is 11.0. The van der Waals surface area contributed by atoms with E-state index in [9.17, 15) is 9.90 Å². The summed E-state index contributed by atoms with van der Waals surface area (Å²) < 4.78 is 4.65. The van der Waals surface area contributed by atoms with Crippen LogP contribution < -0.4 is 0 Å². The van der Waals surface area contributed by atoms with Crippen molar-refractivity contribution in [2.75, 3.05) is 26.7 Å². The van der Waals surface area contributed by atoms with Crippen LogP contribution in [-0.4, -0.2) is 42.7 Å². The maximum atomic E-state index is 11.3. The number of hydrogen-bond donors (Lipinski definition) is 1. The number of aliphatic hydroxyl groups is 1. The van der Waals surface area contributed by atoms with Gasteiger partial charge in [0.15, 0.2) is 0 Å². The molecule has 100 valence electrons. The summed E-state index contributed by atoms with van der Waals surface area (Å²) in [6.45, 7) is 3.46. The highest BCUT2D eigenvalue weighted by Gasteiger charge is 2.15. The summed E-state index contributed by atoms with van der Waals surface area (Å²) in [5.41, 5.74) is 0.864. The Morgan fingerprint density at radius 2 is 2.06 bits per heavy atom. The molecule has 0 spiro atoms. The molecule has 0 aliphatic heterocycles. The van der Waals surface area contributed by atoms with E-state index < -0.39 is 6.10 Å². The van der Waals surface area contributed by atoms with Crippen LogP contribution in [0.2, 0.25) is 0 Å². The first-order valence-corrected chi connectivity index (χ1v) is 6.19. The second-order valence-electron chi connectivity index (χ2n) is 4.24. The molecule has 0 bridgehead atoms. The summed E-state index contributed by atoms with van der Waals surface area (Å²) >= 11 is 0. The number of carbonyl (C=O) groups excluding carboxylic acids is 1. The van der Waals surface area contributed by atoms with Crippen LogP contribution >= 0.6 is 0 Å². The molecule has 0 amide bonds. The Labute approximate surface area is 108 Å². The van der Waals surface area contributed by atoms with Gasteiger partial charge in [0.1, 0.15) is 0 Å². The maximum absolute atomic E-state index is 11.3. The number of nitrogens with zero attached hydrogens (tertiary/aromatic N) is 1. The molecule has 4 nitrogen and oxygen atoms in total. The van der Waals surface area contributed by atoms with Crippen molar-refractivity contribution in [2.24, 2.45) is 0 Å². The molecule has 0 heterocycles. The highest BCUT2D eigenvalue weighted by atomic mass is 16.5. The molecular weight excluding hydrogens is 230 g/mol. The van der Waals surface area contributed by atoms with E-state index >= 15 is 0 Å². The molecule has 1 aromatic carbocycles. The van der Waals surface area contributed by atoms with Crippen molar-refractivity contribution in [1.29, 1.82) is 0 Å². The maximum Gasteiger partial charge on any atom is 0.319 e. The Kier molecular flexibility index (Phi) is 6.39. The molecule has 1 N–H and O–H groups in total. The summed E-state index contributed by atoms with van der Waals surface area (Å²) in [7, 11) is 1.38. The van der Waals surface area contributed by atoms with E-state index in [1.54, 1.807) is 0 Å². The predicted octanol–water partition coefficient (Wildman–Crippen LogP) is 1.60. The largest absolute Gasteiger partial charge is 0.468 e. The summed E-state index contributed by atoms with van der Waals surface area (Å²) in [6.07, 6.45) is 0.348. The van der Waals surface area contributed by atoms with Crippen LogP contribution in [0.1, 0.15) is 25.0 Å². The van der Waals surface area contributed by atoms with Crippen molar-refractivity contribution in [2.45, 2.75) is 19.4 Å². The fraction of sp³-hybridized carbons (Fsp3) is 0.500. The zero-order valence-electron chi connectivity index (χ0n) is 11.0. The van der Waals surface area contributed by atoms with E-state index in [0.29, 0.717) is 6.54 Å². The van der Waals surface area contributed by atoms with Crippen molar-refractivity contribution in [1.82, 2.24) is 4.90 Å². The third kappa shape index (κ3) is 4.85. The third-order valence-electron chi connectivity index (χ3n) is 2.74. The number of esters is 1. The second-order valence-corrected chi connectivity index (χ2v) is 4.24. The zero-order chi connectivity index (χ0) is 13.4. The van der Waals surface area contributed by atoms with Crippen LogP contribution in [0.15, 0.2) is 30.3 Å². The number of aliphatic hydroxyl groups excluding tert-OH is 1. The molecule has 0 radical (unpaired) electrons. The summed E-state index contributed by atoms with van der Waals surface area (Å²) in [6, 6.07) is 9.46. The van der Waals surface area contributed by atoms with Gasteiger partial charge in [0, 0.05) is 6.54 Å². The molecule has 1 unspecified atom stereocenters. The van der Waals surface area contributed by atoms with Crippen LogP contribution in [0.5, 0.6) is 0 Å². The molecule has 18 heavy (non-hydrogen) atoms. The van der Waals surface area contributed by atoms with Gasteiger partial charge in [-0.15, -0.1) is 0 Å². The molecule has 0 aliphatic carbocycles. The quantitative estimate of drug-likeness (QED) is 0.748. The van der Waals surface area contributed by atoms with E-state index in [2.05, 4.69) is 4.74 Å². The fourth-order valence-electron chi connectivity index (χ4n) is 1.82. The Bertz CT molecular complexity index is 353. The lowest BCUT2D eigenvalue weighted by atomic mass is 10.1. The fourth-order valence-corrected chi connectivity index (χ4v) is 1.82. The molecular formula is C14H21NO3. The first kappa shape index (κ1) is 14.7. The number of benzene rings is 1. The van der Waals surface area contributed by atoms with Gasteiger partial charge >= 0.3 is 5.97 Å². The molecule has 0 aromatic heterocycles. The Morgan fingerprint density at radius 3 is 2.61 bits per heavy atom. The van der Waals surface area contributed by atoms with Gasteiger partial charge in [-0.25, -0.2) is 0 Å². The van der Waals surface area contributed by atoms with Crippen LogP contribution in [-0.2, 0) is 9.53 Å². The number of ether oxygens (including phenoxy) is 1. The lowest BCUT2D eigenvalue weighted by molar-refractivity contribution is -0.142. The third-order valence-corrected chi connectivity index (χ3v) is 2.74. The Morgan fingerprint density at radius 1 is 1.39 bits per heavy atom. The molecule has 0 aliphatic rings. The topological polar surface area (TPSA) is 49.8 Å². The van der Waals surface area contributed by atoms with Gasteiger partial charge in [0.05, 0.1) is 19.8 Å². The van der Waals surface area contributed by atoms with Crippen LogP contribution in [0, 0.1) is 0 Å². The molecule has 1 aromatic rings. The van der Waals surface area contributed by atoms with Crippen molar-refractivity contribution in [3.8, 4) is 0 Å². The van der Waals surface area contributed by atoms with Gasteiger partial charge in [-0.3, -0.25) is 9.69 Å². The Balaban J connectivity index is 2.57.